The van der Waals surface area contributed by atoms with Crippen LogP contribution in [0.15, 0.2) is 72.8 Å². The zero-order chi connectivity index (χ0) is 22.6. The molecule has 1 atom stereocenters. The predicted molar refractivity (Wildman–Crippen MR) is 125 cm³/mol. The number of benzene rings is 2. The average Bonchev–Trinajstić information content (AvgIpc) is 2.76. The van der Waals surface area contributed by atoms with Crippen molar-refractivity contribution in [2.75, 3.05) is 38.0 Å². The van der Waals surface area contributed by atoms with Crippen LogP contribution in [0.25, 0.3) is 0 Å². The number of hydrogen-bond donors (Lipinski definition) is 1. The maximum atomic E-state index is 13.1. The van der Waals surface area contributed by atoms with Crippen molar-refractivity contribution in [3.8, 4) is 5.75 Å². The van der Waals surface area contributed by atoms with E-state index in [2.05, 4.69) is 5.32 Å². The minimum atomic E-state index is -0.394. The number of allylic oxidation sites excluding steroid dienone is 3. The number of nitrogens with zero attached hydrogens (tertiary/aromatic N) is 1. The Hall–Kier alpha value is -3.54. The Labute approximate surface area is 184 Å². The molecule has 0 radical (unpaired) electrons. The fraction of sp³-hybridized carbons (Fsp3) is 0.280. The van der Waals surface area contributed by atoms with E-state index >= 15 is 0 Å². The van der Waals surface area contributed by atoms with Gasteiger partial charge in [0, 0.05) is 37.6 Å². The van der Waals surface area contributed by atoms with Gasteiger partial charge in [-0.1, -0.05) is 36.4 Å². The van der Waals surface area contributed by atoms with Gasteiger partial charge < -0.3 is 19.7 Å². The fourth-order valence-corrected chi connectivity index (χ4v) is 2.95. The Balaban J connectivity index is 2.18. The lowest BCUT2D eigenvalue weighted by molar-refractivity contribution is -0.137. The van der Waals surface area contributed by atoms with Gasteiger partial charge in [-0.05, 0) is 43.2 Å². The Morgan fingerprint density at radius 1 is 1.10 bits per heavy atom. The Kier molecular flexibility index (Phi) is 9.36. The number of amides is 1. The number of hydrogen-bond acceptors (Lipinski definition) is 5. The minimum absolute atomic E-state index is 0.120. The van der Waals surface area contributed by atoms with Gasteiger partial charge in [-0.2, -0.15) is 0 Å². The van der Waals surface area contributed by atoms with Crippen LogP contribution in [0.3, 0.4) is 0 Å². The first-order valence-electron chi connectivity index (χ1n) is 10.2. The molecular formula is C25H30N2O4. The molecule has 0 aliphatic heterocycles. The molecule has 1 N–H and O–H groups in total. The summed E-state index contributed by atoms with van der Waals surface area (Å²) in [6, 6.07) is 15.2. The highest BCUT2D eigenvalue weighted by atomic mass is 16.5. The van der Waals surface area contributed by atoms with E-state index in [4.69, 9.17) is 9.47 Å². The number of rotatable bonds is 10. The third-order valence-electron chi connectivity index (χ3n) is 4.60. The molecule has 2 aromatic carbocycles. The molecule has 0 aliphatic carbocycles. The van der Waals surface area contributed by atoms with Gasteiger partial charge in [-0.3, -0.25) is 4.79 Å². The second-order valence-electron chi connectivity index (χ2n) is 7.03. The average molecular weight is 423 g/mol. The summed E-state index contributed by atoms with van der Waals surface area (Å²) in [6.07, 6.45) is 7.06. The van der Waals surface area contributed by atoms with Crippen LogP contribution in [0, 0.1) is 0 Å². The van der Waals surface area contributed by atoms with Gasteiger partial charge in [-0.15, -0.1) is 0 Å². The molecule has 1 amide bonds. The molecule has 0 aliphatic rings. The number of ether oxygens (including phenoxy) is 2. The first kappa shape index (κ1) is 23.7. The third-order valence-corrected chi connectivity index (χ3v) is 4.60. The fourth-order valence-electron chi connectivity index (χ4n) is 2.95. The molecule has 0 saturated carbocycles. The quantitative estimate of drug-likeness (QED) is 0.346. The van der Waals surface area contributed by atoms with Gasteiger partial charge in [0.15, 0.2) is 0 Å². The molecule has 0 bridgehead atoms. The highest BCUT2D eigenvalue weighted by Gasteiger charge is 2.20. The second kappa shape index (κ2) is 12.2. The third kappa shape index (κ3) is 7.66. The number of esters is 1. The highest BCUT2D eigenvalue weighted by molar-refractivity contribution is 5.96. The van der Waals surface area contributed by atoms with E-state index in [1.54, 1.807) is 32.3 Å². The molecule has 0 saturated heterocycles. The van der Waals surface area contributed by atoms with Crippen LogP contribution in [0.1, 0.15) is 24.8 Å². The molecule has 0 aromatic heterocycles. The summed E-state index contributed by atoms with van der Waals surface area (Å²) >= 11 is 0. The molecule has 0 fully saturated rings. The van der Waals surface area contributed by atoms with E-state index in [1.807, 2.05) is 67.5 Å². The molecule has 0 unspecified atom stereocenters. The van der Waals surface area contributed by atoms with Crippen LogP contribution in [0.5, 0.6) is 5.75 Å². The summed E-state index contributed by atoms with van der Waals surface area (Å²) in [4.78, 5) is 26.5. The molecule has 31 heavy (non-hydrogen) atoms. The van der Waals surface area contributed by atoms with E-state index in [9.17, 15) is 9.59 Å². The number of carbonyl (C=O) groups is 2. The first-order chi connectivity index (χ1) is 14.9. The molecule has 2 aromatic rings. The summed E-state index contributed by atoms with van der Waals surface area (Å²) in [5, 5.41) is 2.97. The standard InChI is InChI=1S/C25H30N2O4/c1-5-31-24(28)13-8-6-7-12-23(19-14-16-21(17-15-19)27(2)3)25(29)26-20-10-9-11-22(18-20)30-4/h6-11,13-18,23H,5,12H2,1-4H3,(H,26,29)/t23-/m0/s1. The van der Waals surface area contributed by atoms with Gasteiger partial charge in [0.05, 0.1) is 19.6 Å². The van der Waals surface area contributed by atoms with Crippen molar-refractivity contribution in [2.45, 2.75) is 19.3 Å². The summed E-state index contributed by atoms with van der Waals surface area (Å²) in [5.74, 6) is -0.230. The number of nitrogens with one attached hydrogen (secondary N) is 1. The van der Waals surface area contributed by atoms with Crippen molar-refractivity contribution in [2.24, 2.45) is 0 Å². The van der Waals surface area contributed by atoms with Crippen molar-refractivity contribution in [3.05, 3.63) is 78.4 Å². The Morgan fingerprint density at radius 3 is 2.48 bits per heavy atom. The van der Waals surface area contributed by atoms with Crippen molar-refractivity contribution >= 4 is 23.3 Å². The van der Waals surface area contributed by atoms with Crippen LogP contribution in [-0.4, -0.2) is 39.7 Å². The zero-order valence-electron chi connectivity index (χ0n) is 18.5. The van der Waals surface area contributed by atoms with Crippen LogP contribution in [-0.2, 0) is 14.3 Å². The van der Waals surface area contributed by atoms with Crippen LogP contribution >= 0.6 is 0 Å². The summed E-state index contributed by atoms with van der Waals surface area (Å²) in [7, 11) is 5.53. The summed E-state index contributed by atoms with van der Waals surface area (Å²) < 4.78 is 10.1. The number of carbonyl (C=O) groups excluding carboxylic acids is 2. The van der Waals surface area contributed by atoms with Crippen LogP contribution in [0.4, 0.5) is 11.4 Å². The topological polar surface area (TPSA) is 67.9 Å². The zero-order valence-corrected chi connectivity index (χ0v) is 18.5. The van der Waals surface area contributed by atoms with E-state index in [0.29, 0.717) is 24.5 Å². The SMILES string of the molecule is CCOC(=O)C=CC=CC[C@H](C(=O)Nc1cccc(OC)c1)c1ccc(N(C)C)cc1. The van der Waals surface area contributed by atoms with Gasteiger partial charge >= 0.3 is 5.97 Å². The summed E-state index contributed by atoms with van der Waals surface area (Å²) in [6.45, 7) is 2.09. The van der Waals surface area contributed by atoms with Gasteiger partial charge in [0.1, 0.15) is 5.75 Å². The highest BCUT2D eigenvalue weighted by Crippen LogP contribution is 2.26. The van der Waals surface area contributed by atoms with Crippen LogP contribution in [0.2, 0.25) is 0 Å². The smallest absolute Gasteiger partial charge is 0.330 e. The van der Waals surface area contributed by atoms with E-state index < -0.39 is 11.9 Å². The molecule has 6 nitrogen and oxygen atoms in total. The van der Waals surface area contributed by atoms with Crippen molar-refractivity contribution < 1.29 is 19.1 Å². The summed E-state index contributed by atoms with van der Waals surface area (Å²) in [5.41, 5.74) is 2.64. The maximum Gasteiger partial charge on any atom is 0.330 e. The molecule has 0 spiro atoms. The monoisotopic (exact) mass is 422 g/mol. The molecule has 2 rings (SSSR count). The van der Waals surface area contributed by atoms with Crippen molar-refractivity contribution in [1.29, 1.82) is 0 Å². The normalized spacial score (nSPS) is 12.0. The van der Waals surface area contributed by atoms with E-state index in [0.717, 1.165) is 11.3 Å². The minimum Gasteiger partial charge on any atom is -0.497 e. The Morgan fingerprint density at radius 2 is 1.84 bits per heavy atom. The first-order valence-corrected chi connectivity index (χ1v) is 10.2. The molecule has 0 heterocycles. The molecule has 164 valence electrons. The molecular weight excluding hydrogens is 392 g/mol. The molecule has 6 heteroatoms. The largest absolute Gasteiger partial charge is 0.497 e. The Bertz CT molecular complexity index is 917. The van der Waals surface area contributed by atoms with Crippen molar-refractivity contribution in [1.82, 2.24) is 0 Å². The van der Waals surface area contributed by atoms with E-state index in [-0.39, 0.29) is 5.91 Å². The van der Waals surface area contributed by atoms with Crippen molar-refractivity contribution in [3.63, 3.8) is 0 Å². The van der Waals surface area contributed by atoms with Gasteiger partial charge in [-0.25, -0.2) is 4.79 Å². The lowest BCUT2D eigenvalue weighted by Crippen LogP contribution is -2.21. The second-order valence-corrected chi connectivity index (χ2v) is 7.03. The number of anilines is 2. The predicted octanol–water partition coefficient (Wildman–Crippen LogP) is 4.55. The maximum absolute atomic E-state index is 13.1. The number of methoxy groups -OCH3 is 1. The van der Waals surface area contributed by atoms with Gasteiger partial charge in [0.25, 0.3) is 0 Å². The lowest BCUT2D eigenvalue weighted by atomic mass is 9.94. The van der Waals surface area contributed by atoms with Gasteiger partial charge in [0.2, 0.25) is 5.91 Å². The van der Waals surface area contributed by atoms with E-state index in [1.165, 1.54) is 6.08 Å². The lowest BCUT2D eigenvalue weighted by Gasteiger charge is -2.18. The van der Waals surface area contributed by atoms with Crippen LogP contribution < -0.4 is 15.0 Å².